The zero-order valence-corrected chi connectivity index (χ0v) is 11.8. The predicted octanol–water partition coefficient (Wildman–Crippen LogP) is 3.93. The Balaban J connectivity index is 2.05. The smallest absolute Gasteiger partial charge is 0.137 e. The van der Waals surface area contributed by atoms with Crippen LogP contribution in [0, 0.1) is 17.7 Å². The van der Waals surface area contributed by atoms with Crippen molar-refractivity contribution in [2.45, 2.75) is 38.7 Å². The molecule has 1 aromatic rings. The van der Waals surface area contributed by atoms with Crippen LogP contribution in [0.25, 0.3) is 0 Å². The molecular formula is C14H18BrFO. The summed E-state index contributed by atoms with van der Waals surface area (Å²) in [6.45, 7) is 4.37. The minimum Gasteiger partial charge on any atom is -0.390 e. The second kappa shape index (κ2) is 4.69. The van der Waals surface area contributed by atoms with Crippen molar-refractivity contribution < 1.29 is 9.50 Å². The Kier molecular flexibility index (Phi) is 3.60. The summed E-state index contributed by atoms with van der Waals surface area (Å²) in [5, 5.41) is 10.4. The number of benzene rings is 1. The van der Waals surface area contributed by atoms with Gasteiger partial charge in [0.1, 0.15) is 5.82 Å². The SMILES string of the molecule is CC(C)C1CC(O)(Cc2cccc(F)c2Br)C1. The Morgan fingerprint density at radius 1 is 1.47 bits per heavy atom. The summed E-state index contributed by atoms with van der Waals surface area (Å²) < 4.78 is 13.8. The molecule has 0 amide bonds. The van der Waals surface area contributed by atoms with Crippen LogP contribution >= 0.6 is 15.9 Å². The van der Waals surface area contributed by atoms with Crippen LogP contribution in [0.4, 0.5) is 4.39 Å². The molecule has 0 bridgehead atoms. The Bertz CT molecular complexity index is 411. The fourth-order valence-electron chi connectivity index (χ4n) is 2.57. The van der Waals surface area contributed by atoms with Gasteiger partial charge in [0.05, 0.1) is 10.1 Å². The lowest BCUT2D eigenvalue weighted by atomic mass is 9.64. The summed E-state index contributed by atoms with van der Waals surface area (Å²) in [4.78, 5) is 0. The molecule has 1 aliphatic carbocycles. The Morgan fingerprint density at radius 3 is 2.71 bits per heavy atom. The monoisotopic (exact) mass is 300 g/mol. The minimum absolute atomic E-state index is 0.258. The molecule has 1 N–H and O–H groups in total. The number of hydrogen-bond donors (Lipinski definition) is 1. The van der Waals surface area contributed by atoms with E-state index in [9.17, 15) is 9.50 Å². The van der Waals surface area contributed by atoms with Crippen molar-refractivity contribution in [3.63, 3.8) is 0 Å². The van der Waals surface area contributed by atoms with Crippen molar-refractivity contribution in [1.82, 2.24) is 0 Å². The highest BCUT2D eigenvalue weighted by Gasteiger charge is 2.43. The molecule has 3 heteroatoms. The molecule has 1 saturated carbocycles. The first kappa shape index (κ1) is 13.0. The van der Waals surface area contributed by atoms with Gasteiger partial charge in [0, 0.05) is 6.42 Å². The molecule has 0 atom stereocenters. The van der Waals surface area contributed by atoms with Gasteiger partial charge in [-0.3, -0.25) is 0 Å². The molecule has 0 aromatic heterocycles. The highest BCUT2D eigenvalue weighted by atomic mass is 79.9. The molecule has 1 aromatic carbocycles. The van der Waals surface area contributed by atoms with E-state index in [1.165, 1.54) is 6.07 Å². The van der Waals surface area contributed by atoms with Gasteiger partial charge in [0.15, 0.2) is 0 Å². The van der Waals surface area contributed by atoms with Crippen molar-refractivity contribution in [2.75, 3.05) is 0 Å². The molecule has 1 nitrogen and oxygen atoms in total. The van der Waals surface area contributed by atoms with Gasteiger partial charge in [-0.2, -0.15) is 0 Å². The van der Waals surface area contributed by atoms with Gasteiger partial charge in [0.25, 0.3) is 0 Å². The topological polar surface area (TPSA) is 20.2 Å². The van der Waals surface area contributed by atoms with Gasteiger partial charge in [-0.05, 0) is 52.2 Å². The van der Waals surface area contributed by atoms with Crippen molar-refractivity contribution in [3.05, 3.63) is 34.1 Å². The fourth-order valence-corrected chi connectivity index (χ4v) is 2.98. The highest BCUT2D eigenvalue weighted by Crippen LogP contribution is 2.44. The van der Waals surface area contributed by atoms with E-state index in [0.29, 0.717) is 22.7 Å². The largest absolute Gasteiger partial charge is 0.390 e. The summed E-state index contributed by atoms with van der Waals surface area (Å²) in [6, 6.07) is 4.99. The molecule has 94 valence electrons. The van der Waals surface area contributed by atoms with E-state index in [1.54, 1.807) is 6.07 Å². The summed E-state index contributed by atoms with van der Waals surface area (Å²) >= 11 is 3.24. The zero-order valence-electron chi connectivity index (χ0n) is 10.2. The molecular weight excluding hydrogens is 283 g/mol. The van der Waals surface area contributed by atoms with Crippen LogP contribution in [-0.4, -0.2) is 10.7 Å². The van der Waals surface area contributed by atoms with Crippen LogP contribution in [0.1, 0.15) is 32.3 Å². The van der Waals surface area contributed by atoms with Crippen molar-refractivity contribution in [3.8, 4) is 0 Å². The van der Waals surface area contributed by atoms with E-state index in [4.69, 9.17) is 0 Å². The van der Waals surface area contributed by atoms with E-state index in [-0.39, 0.29) is 5.82 Å². The maximum absolute atomic E-state index is 13.4. The third-order valence-corrected chi connectivity index (χ3v) is 4.67. The number of hydrogen-bond acceptors (Lipinski definition) is 1. The average molecular weight is 301 g/mol. The molecule has 0 heterocycles. The van der Waals surface area contributed by atoms with Crippen molar-refractivity contribution in [1.29, 1.82) is 0 Å². The molecule has 17 heavy (non-hydrogen) atoms. The van der Waals surface area contributed by atoms with E-state index >= 15 is 0 Å². The normalized spacial score (nSPS) is 28.2. The first-order chi connectivity index (χ1) is 7.91. The lowest BCUT2D eigenvalue weighted by Gasteiger charge is -2.46. The van der Waals surface area contributed by atoms with Crippen LogP contribution in [-0.2, 0) is 6.42 Å². The van der Waals surface area contributed by atoms with E-state index in [1.807, 2.05) is 6.07 Å². The maximum atomic E-state index is 13.4. The van der Waals surface area contributed by atoms with Crippen LogP contribution in [0.3, 0.4) is 0 Å². The first-order valence-electron chi connectivity index (χ1n) is 6.06. The summed E-state index contributed by atoms with van der Waals surface area (Å²) in [5.41, 5.74) is 0.223. The Hall–Kier alpha value is -0.410. The van der Waals surface area contributed by atoms with Crippen molar-refractivity contribution >= 4 is 15.9 Å². The molecule has 0 unspecified atom stereocenters. The zero-order chi connectivity index (χ0) is 12.6. The van der Waals surface area contributed by atoms with Gasteiger partial charge in [-0.25, -0.2) is 4.39 Å². The van der Waals surface area contributed by atoms with Crippen LogP contribution in [0.5, 0.6) is 0 Å². The summed E-state index contributed by atoms with van der Waals surface area (Å²) in [5.74, 6) is 0.962. The lowest BCUT2D eigenvalue weighted by Crippen LogP contribution is -2.47. The molecule has 2 rings (SSSR count). The predicted molar refractivity (Wildman–Crippen MR) is 70.3 cm³/mol. The van der Waals surface area contributed by atoms with Crippen LogP contribution in [0.15, 0.2) is 22.7 Å². The lowest BCUT2D eigenvalue weighted by molar-refractivity contribution is -0.0861. The summed E-state index contributed by atoms with van der Waals surface area (Å²) in [7, 11) is 0. The van der Waals surface area contributed by atoms with Gasteiger partial charge in [0.2, 0.25) is 0 Å². The van der Waals surface area contributed by atoms with Gasteiger partial charge in [-0.15, -0.1) is 0 Å². The molecule has 1 aliphatic rings. The van der Waals surface area contributed by atoms with Gasteiger partial charge in [-0.1, -0.05) is 26.0 Å². The average Bonchev–Trinajstić information content (AvgIpc) is 2.21. The third-order valence-electron chi connectivity index (χ3n) is 3.78. The van der Waals surface area contributed by atoms with Gasteiger partial charge >= 0.3 is 0 Å². The third kappa shape index (κ3) is 2.71. The van der Waals surface area contributed by atoms with Crippen LogP contribution in [0.2, 0.25) is 0 Å². The Morgan fingerprint density at radius 2 is 2.12 bits per heavy atom. The molecule has 1 fully saturated rings. The Labute approximate surface area is 110 Å². The van der Waals surface area contributed by atoms with Gasteiger partial charge < -0.3 is 5.11 Å². The summed E-state index contributed by atoms with van der Waals surface area (Å²) in [6.07, 6.45) is 2.19. The molecule has 0 spiro atoms. The van der Waals surface area contributed by atoms with Crippen LogP contribution < -0.4 is 0 Å². The maximum Gasteiger partial charge on any atom is 0.137 e. The van der Waals surface area contributed by atoms with E-state index in [0.717, 1.165) is 18.4 Å². The van der Waals surface area contributed by atoms with Crippen molar-refractivity contribution in [2.24, 2.45) is 11.8 Å². The quantitative estimate of drug-likeness (QED) is 0.897. The fraction of sp³-hybridized carbons (Fsp3) is 0.571. The van der Waals surface area contributed by atoms with E-state index < -0.39 is 5.60 Å². The first-order valence-corrected chi connectivity index (χ1v) is 6.86. The number of rotatable bonds is 3. The second-order valence-corrected chi connectivity index (χ2v) is 6.32. The van der Waals surface area contributed by atoms with E-state index in [2.05, 4.69) is 29.8 Å². The standard InChI is InChI=1S/C14H18BrFO/c1-9(2)11-7-14(17,8-11)6-10-4-3-5-12(16)13(10)15/h3-5,9,11,17H,6-8H2,1-2H3. The molecule has 0 saturated heterocycles. The minimum atomic E-state index is -0.634. The number of halogens is 2. The highest BCUT2D eigenvalue weighted by molar-refractivity contribution is 9.10. The number of aliphatic hydroxyl groups is 1. The second-order valence-electron chi connectivity index (χ2n) is 5.53. The molecule has 0 aliphatic heterocycles. The molecule has 0 radical (unpaired) electrons.